The molecule has 5 nitrogen and oxygen atoms in total. The molecule has 0 bridgehead atoms. The molecule has 0 amide bonds. The summed E-state index contributed by atoms with van der Waals surface area (Å²) in [5.74, 6) is 0. The number of rotatable bonds is 6. The fraction of sp³-hybridized carbons (Fsp3) is 1.00. The molecule has 0 aromatic rings. The Balaban J connectivity index is 4.32. The third-order valence-corrected chi connectivity index (χ3v) is 3.17. The van der Waals surface area contributed by atoms with Crippen molar-refractivity contribution in [2.75, 3.05) is 6.61 Å². The molecule has 0 saturated heterocycles. The van der Waals surface area contributed by atoms with Crippen molar-refractivity contribution in [1.29, 1.82) is 0 Å². The molecule has 1 atom stereocenters. The van der Waals surface area contributed by atoms with Crippen molar-refractivity contribution in [1.82, 2.24) is 0 Å². The summed E-state index contributed by atoms with van der Waals surface area (Å²) in [6, 6.07) is 0. The van der Waals surface area contributed by atoms with Gasteiger partial charge in [0.05, 0.1) is 6.61 Å². The summed E-state index contributed by atoms with van der Waals surface area (Å²) in [5.41, 5.74) is -2.61. The lowest BCUT2D eigenvalue weighted by Gasteiger charge is -2.25. The third-order valence-electron chi connectivity index (χ3n) is 1.51. The molecule has 0 heterocycles. The van der Waals surface area contributed by atoms with E-state index >= 15 is 0 Å². The van der Waals surface area contributed by atoms with Crippen molar-refractivity contribution in [2.24, 2.45) is 0 Å². The van der Waals surface area contributed by atoms with Crippen molar-refractivity contribution in [2.45, 2.75) is 38.6 Å². The quantitative estimate of drug-likeness (QED) is 0.452. The average Bonchev–Trinajstić information content (AvgIpc) is 2.00. The van der Waals surface area contributed by atoms with Crippen LogP contribution in [0.1, 0.15) is 33.1 Å². The fourth-order valence-corrected chi connectivity index (χ4v) is 1.94. The topological polar surface area (TPSA) is 87.0 Å². The van der Waals surface area contributed by atoms with E-state index in [2.05, 4.69) is 4.52 Å². The first-order valence-corrected chi connectivity index (χ1v) is 5.87. The average molecular weight is 212 g/mol. The first kappa shape index (κ1) is 13.1. The standard InChI is InChI=1S/C7H17O5P/c1-3-5-7(8,9)13(10,11)12-6-4-2/h8-9H,3-6H2,1-2H3,(H,10,11). The van der Waals surface area contributed by atoms with Gasteiger partial charge in [-0.15, -0.1) is 0 Å². The van der Waals surface area contributed by atoms with Crippen LogP contribution in [0.15, 0.2) is 0 Å². The fourth-order valence-electron chi connectivity index (χ4n) is 0.795. The van der Waals surface area contributed by atoms with E-state index in [4.69, 9.17) is 4.89 Å². The van der Waals surface area contributed by atoms with Gasteiger partial charge >= 0.3 is 7.60 Å². The van der Waals surface area contributed by atoms with Gasteiger partial charge in [0.2, 0.25) is 0 Å². The zero-order chi connectivity index (χ0) is 10.5. The van der Waals surface area contributed by atoms with Gasteiger partial charge < -0.3 is 19.6 Å². The summed E-state index contributed by atoms with van der Waals surface area (Å²) in [5, 5.41) is 18.4. The Morgan fingerprint density at radius 1 is 1.31 bits per heavy atom. The lowest BCUT2D eigenvalue weighted by Crippen LogP contribution is -2.28. The molecule has 0 aromatic heterocycles. The van der Waals surface area contributed by atoms with Crippen LogP contribution in [0.4, 0.5) is 0 Å². The summed E-state index contributed by atoms with van der Waals surface area (Å²) in [6.07, 6.45) is 0.768. The molecule has 13 heavy (non-hydrogen) atoms. The molecule has 6 heteroatoms. The summed E-state index contributed by atoms with van der Waals surface area (Å²) < 4.78 is 15.7. The highest BCUT2D eigenvalue weighted by atomic mass is 31.2. The summed E-state index contributed by atoms with van der Waals surface area (Å²) >= 11 is 0. The maximum Gasteiger partial charge on any atom is 0.386 e. The third kappa shape index (κ3) is 3.75. The van der Waals surface area contributed by atoms with Gasteiger partial charge in [0.25, 0.3) is 5.53 Å². The van der Waals surface area contributed by atoms with Gasteiger partial charge in [0.15, 0.2) is 0 Å². The normalized spacial score (nSPS) is 17.0. The van der Waals surface area contributed by atoms with Crippen LogP contribution in [0.5, 0.6) is 0 Å². The van der Waals surface area contributed by atoms with E-state index < -0.39 is 13.1 Å². The maximum atomic E-state index is 11.2. The largest absolute Gasteiger partial charge is 0.386 e. The molecule has 0 aliphatic heterocycles. The monoisotopic (exact) mass is 212 g/mol. The van der Waals surface area contributed by atoms with Crippen LogP contribution in [0.3, 0.4) is 0 Å². The highest BCUT2D eigenvalue weighted by Gasteiger charge is 2.45. The summed E-state index contributed by atoms with van der Waals surface area (Å²) in [4.78, 5) is 9.14. The second-order valence-electron chi connectivity index (χ2n) is 2.88. The van der Waals surface area contributed by atoms with Crippen LogP contribution in [-0.2, 0) is 9.09 Å². The molecule has 0 radical (unpaired) electrons. The molecule has 1 unspecified atom stereocenters. The van der Waals surface area contributed by atoms with Crippen molar-refractivity contribution >= 4 is 7.60 Å². The van der Waals surface area contributed by atoms with Crippen LogP contribution in [0, 0.1) is 0 Å². The Morgan fingerprint density at radius 2 is 1.85 bits per heavy atom. The van der Waals surface area contributed by atoms with Gasteiger partial charge in [-0.3, -0.25) is 4.57 Å². The molecule has 0 fully saturated rings. The van der Waals surface area contributed by atoms with Crippen molar-refractivity contribution < 1.29 is 24.2 Å². The van der Waals surface area contributed by atoms with E-state index in [1.807, 2.05) is 0 Å². The summed E-state index contributed by atoms with van der Waals surface area (Å²) in [7, 11) is -4.32. The smallest absolute Gasteiger partial charge is 0.356 e. The Labute approximate surface area is 77.9 Å². The molecule has 0 aliphatic rings. The molecule has 0 rings (SSSR count). The Hall–Kier alpha value is 0.0700. The number of hydrogen-bond acceptors (Lipinski definition) is 4. The lowest BCUT2D eigenvalue weighted by molar-refractivity contribution is -0.112. The molecule has 0 spiro atoms. The Kier molecular flexibility index (Phi) is 5.10. The van der Waals surface area contributed by atoms with Gasteiger partial charge in [-0.2, -0.15) is 0 Å². The van der Waals surface area contributed by atoms with Gasteiger partial charge in [-0.1, -0.05) is 20.3 Å². The highest BCUT2D eigenvalue weighted by Crippen LogP contribution is 2.54. The van der Waals surface area contributed by atoms with Gasteiger partial charge in [-0.05, 0) is 6.42 Å². The molecule has 80 valence electrons. The maximum absolute atomic E-state index is 11.2. The van der Waals surface area contributed by atoms with E-state index in [0.717, 1.165) is 0 Å². The van der Waals surface area contributed by atoms with Crippen LogP contribution in [-0.4, -0.2) is 27.2 Å². The molecule has 0 saturated carbocycles. The van der Waals surface area contributed by atoms with E-state index in [0.29, 0.717) is 12.8 Å². The molecular weight excluding hydrogens is 195 g/mol. The predicted octanol–water partition coefficient (Wildman–Crippen LogP) is 1.04. The predicted molar refractivity (Wildman–Crippen MR) is 48.1 cm³/mol. The van der Waals surface area contributed by atoms with E-state index in [9.17, 15) is 14.8 Å². The molecule has 3 N–H and O–H groups in total. The first-order valence-electron chi connectivity index (χ1n) is 4.29. The lowest BCUT2D eigenvalue weighted by atomic mass is 10.3. The Bertz CT molecular complexity index is 191. The van der Waals surface area contributed by atoms with Crippen LogP contribution < -0.4 is 0 Å². The van der Waals surface area contributed by atoms with E-state index in [-0.39, 0.29) is 13.0 Å². The molecule has 0 aliphatic carbocycles. The van der Waals surface area contributed by atoms with Gasteiger partial charge in [0.1, 0.15) is 0 Å². The highest BCUT2D eigenvalue weighted by molar-refractivity contribution is 7.54. The van der Waals surface area contributed by atoms with Crippen LogP contribution in [0.25, 0.3) is 0 Å². The second kappa shape index (κ2) is 5.08. The van der Waals surface area contributed by atoms with E-state index in [1.54, 1.807) is 13.8 Å². The summed E-state index contributed by atoms with van der Waals surface area (Å²) in [6.45, 7) is 3.48. The van der Waals surface area contributed by atoms with Crippen molar-refractivity contribution in [3.63, 3.8) is 0 Å². The van der Waals surface area contributed by atoms with Crippen molar-refractivity contribution in [3.8, 4) is 0 Å². The first-order chi connectivity index (χ1) is 5.87. The second-order valence-corrected chi connectivity index (χ2v) is 4.89. The minimum atomic E-state index is -4.32. The number of aliphatic hydroxyl groups is 2. The molecular formula is C7H17O5P. The van der Waals surface area contributed by atoms with Gasteiger partial charge in [0, 0.05) is 6.42 Å². The zero-order valence-electron chi connectivity index (χ0n) is 7.93. The minimum Gasteiger partial charge on any atom is -0.356 e. The SMILES string of the molecule is CCCOP(=O)(O)C(O)(O)CCC. The van der Waals surface area contributed by atoms with Crippen LogP contribution in [0.2, 0.25) is 0 Å². The zero-order valence-corrected chi connectivity index (χ0v) is 8.83. The minimum absolute atomic E-state index is 0.0420. The van der Waals surface area contributed by atoms with Crippen molar-refractivity contribution in [3.05, 3.63) is 0 Å². The van der Waals surface area contributed by atoms with Crippen LogP contribution >= 0.6 is 7.60 Å². The Morgan fingerprint density at radius 3 is 2.23 bits per heavy atom. The molecule has 0 aromatic carbocycles. The van der Waals surface area contributed by atoms with Gasteiger partial charge in [-0.25, -0.2) is 0 Å². The van der Waals surface area contributed by atoms with E-state index in [1.165, 1.54) is 0 Å². The number of hydrogen-bond donors (Lipinski definition) is 3.